The number of esters is 4. The van der Waals surface area contributed by atoms with Crippen LogP contribution in [0.25, 0.3) is 12.2 Å². The first-order chi connectivity index (χ1) is 23.8. The molecular weight excluding hydrogens is 658 g/mol. The molecule has 0 bridgehead atoms. The summed E-state index contributed by atoms with van der Waals surface area (Å²) in [6.45, 7) is 3.49. The fourth-order valence-electron chi connectivity index (χ4n) is 5.04. The number of ketones is 1. The van der Waals surface area contributed by atoms with Crippen LogP contribution in [0.15, 0.2) is 36.4 Å². The molecular formula is C35H43NO14. The van der Waals surface area contributed by atoms with Crippen molar-refractivity contribution in [3.8, 4) is 23.0 Å². The summed E-state index contributed by atoms with van der Waals surface area (Å²) in [5, 5.41) is 13.7. The van der Waals surface area contributed by atoms with Crippen LogP contribution in [-0.4, -0.2) is 93.5 Å². The molecule has 2 N–H and O–H groups in total. The van der Waals surface area contributed by atoms with Crippen molar-refractivity contribution in [2.75, 3.05) is 27.9 Å². The maximum absolute atomic E-state index is 12.5. The van der Waals surface area contributed by atoms with Crippen LogP contribution in [0, 0.1) is 0 Å². The molecule has 5 unspecified atom stereocenters. The van der Waals surface area contributed by atoms with Crippen molar-refractivity contribution in [3.05, 3.63) is 47.5 Å². The zero-order chi connectivity index (χ0) is 36.8. The van der Waals surface area contributed by atoms with Gasteiger partial charge in [-0.15, -0.1) is 0 Å². The van der Waals surface area contributed by atoms with Crippen LogP contribution >= 0.6 is 0 Å². The van der Waals surface area contributed by atoms with E-state index in [1.54, 1.807) is 30.3 Å². The molecule has 15 heteroatoms. The summed E-state index contributed by atoms with van der Waals surface area (Å²) in [5.74, 6) is -1.23. The first-order valence-corrected chi connectivity index (χ1v) is 15.7. The molecule has 1 aliphatic rings. The first kappa shape index (κ1) is 39.4. The van der Waals surface area contributed by atoms with E-state index in [4.69, 9.17) is 37.9 Å². The molecule has 1 aliphatic heterocycles. The number of carbonyl (C=O) groups excluding carboxylic acids is 5. The average Bonchev–Trinajstić information content (AvgIpc) is 3.07. The van der Waals surface area contributed by atoms with E-state index in [9.17, 15) is 29.1 Å². The smallest absolute Gasteiger partial charge is 0.311 e. The second kappa shape index (κ2) is 19.3. The lowest BCUT2D eigenvalue weighted by molar-refractivity contribution is -0.298. The van der Waals surface area contributed by atoms with Gasteiger partial charge in [-0.3, -0.25) is 29.3 Å². The Morgan fingerprint density at radius 3 is 2.00 bits per heavy atom. The Morgan fingerprint density at radius 2 is 1.40 bits per heavy atom. The summed E-state index contributed by atoms with van der Waals surface area (Å²) in [4.78, 5) is 59.9. The second-order valence-electron chi connectivity index (χ2n) is 11.1. The largest absolute Gasteiger partial charge is 0.493 e. The van der Waals surface area contributed by atoms with E-state index in [1.807, 2.05) is 18.2 Å². The zero-order valence-electron chi connectivity index (χ0n) is 28.8. The van der Waals surface area contributed by atoms with Gasteiger partial charge in [-0.05, 0) is 48.4 Å². The number of benzene rings is 2. The number of Topliss-reactive ketones (excluding diaryl/α,β-unsaturated/α-hetero) is 1. The summed E-state index contributed by atoms with van der Waals surface area (Å²) in [6, 6.07) is 10.5. The van der Waals surface area contributed by atoms with Gasteiger partial charge in [0.2, 0.25) is 12.0 Å². The molecule has 0 saturated carbocycles. The fraction of sp³-hybridized carbons (Fsp3) is 0.457. The number of hydrogen-bond donors (Lipinski definition) is 2. The molecule has 1 fully saturated rings. The molecule has 2 aromatic rings. The Balaban J connectivity index is 1.49. The van der Waals surface area contributed by atoms with Gasteiger partial charge in [0, 0.05) is 33.6 Å². The maximum Gasteiger partial charge on any atom is 0.311 e. The van der Waals surface area contributed by atoms with E-state index in [1.165, 1.54) is 21.3 Å². The number of nitrogens with one attached hydrogen (secondary N) is 1. The SMILES string of the molecule is COc1cc(/C=C\c2cccc(OC(=O)CCC(=O)CCCNC3OC(OC(C)=O)C(OC(C)=O)C(O)C3OC(C)=O)c2)cc(OC)c1OC. The quantitative estimate of drug-likeness (QED) is 0.0804. The van der Waals surface area contributed by atoms with Crippen molar-refractivity contribution in [3.63, 3.8) is 0 Å². The van der Waals surface area contributed by atoms with Crippen molar-refractivity contribution < 1.29 is 67.0 Å². The molecule has 5 atom stereocenters. The predicted molar refractivity (Wildman–Crippen MR) is 176 cm³/mol. The molecule has 0 aliphatic carbocycles. The van der Waals surface area contributed by atoms with E-state index < -0.39 is 54.7 Å². The lowest BCUT2D eigenvalue weighted by Crippen LogP contribution is -2.64. The molecule has 0 radical (unpaired) electrons. The first-order valence-electron chi connectivity index (χ1n) is 15.7. The van der Waals surface area contributed by atoms with Crippen LogP contribution in [0.1, 0.15) is 57.6 Å². The highest BCUT2D eigenvalue weighted by atomic mass is 16.7. The standard InChI is InChI=1S/C35H43NO14/c1-20(37)46-32-30(42)33(47-21(2)38)35(48-22(3)39)50-34(32)36-16-8-10-25(40)14-15-29(41)49-26-11-7-9-23(17-26)12-13-24-18-27(43-4)31(45-6)28(19-24)44-5/h7,9,11-13,17-19,30,32-36,42H,8,10,14-16H2,1-6H3/b13-12-. The summed E-state index contributed by atoms with van der Waals surface area (Å²) >= 11 is 0. The Bertz CT molecular complexity index is 1510. The highest BCUT2D eigenvalue weighted by molar-refractivity contribution is 5.83. The highest BCUT2D eigenvalue weighted by Crippen LogP contribution is 2.38. The number of aliphatic hydroxyl groups is 1. The number of aliphatic hydroxyl groups excluding tert-OH is 1. The third-order valence-corrected chi connectivity index (χ3v) is 7.24. The van der Waals surface area contributed by atoms with Crippen LogP contribution in [-0.2, 0) is 42.9 Å². The van der Waals surface area contributed by atoms with E-state index in [-0.39, 0.29) is 31.6 Å². The van der Waals surface area contributed by atoms with Gasteiger partial charge in [0.1, 0.15) is 17.6 Å². The van der Waals surface area contributed by atoms with Crippen LogP contribution < -0.4 is 24.3 Å². The number of ether oxygens (including phenoxy) is 8. The molecule has 0 spiro atoms. The van der Waals surface area contributed by atoms with E-state index in [0.29, 0.717) is 29.4 Å². The summed E-state index contributed by atoms with van der Waals surface area (Å²) in [7, 11) is 4.59. The molecule has 3 rings (SSSR count). The predicted octanol–water partition coefficient (Wildman–Crippen LogP) is 2.98. The molecule has 2 aromatic carbocycles. The topological polar surface area (TPSA) is 191 Å². The summed E-state index contributed by atoms with van der Waals surface area (Å²) in [5.41, 5.74) is 1.56. The van der Waals surface area contributed by atoms with Gasteiger partial charge in [-0.2, -0.15) is 0 Å². The van der Waals surface area contributed by atoms with Gasteiger partial charge in [0.25, 0.3) is 0 Å². The van der Waals surface area contributed by atoms with Gasteiger partial charge in [-0.1, -0.05) is 24.3 Å². The second-order valence-corrected chi connectivity index (χ2v) is 11.1. The highest BCUT2D eigenvalue weighted by Gasteiger charge is 2.50. The van der Waals surface area contributed by atoms with E-state index in [0.717, 1.165) is 31.9 Å². The Morgan fingerprint density at radius 1 is 0.780 bits per heavy atom. The molecule has 1 heterocycles. The molecule has 0 aromatic heterocycles. The lowest BCUT2D eigenvalue weighted by Gasteiger charge is -2.42. The van der Waals surface area contributed by atoms with Crippen molar-refractivity contribution >= 4 is 41.8 Å². The minimum Gasteiger partial charge on any atom is -0.493 e. The molecule has 0 amide bonds. The van der Waals surface area contributed by atoms with E-state index in [2.05, 4.69) is 5.32 Å². The van der Waals surface area contributed by atoms with Crippen LogP contribution in [0.5, 0.6) is 23.0 Å². The maximum atomic E-state index is 12.5. The fourth-order valence-corrected chi connectivity index (χ4v) is 5.04. The zero-order valence-corrected chi connectivity index (χ0v) is 28.8. The van der Waals surface area contributed by atoms with Gasteiger partial charge >= 0.3 is 23.9 Å². The third kappa shape index (κ3) is 11.9. The van der Waals surface area contributed by atoms with Crippen LogP contribution in [0.3, 0.4) is 0 Å². The number of rotatable bonds is 17. The monoisotopic (exact) mass is 701 g/mol. The molecule has 272 valence electrons. The number of carbonyl (C=O) groups is 5. The normalized spacial score (nSPS) is 20.0. The van der Waals surface area contributed by atoms with Crippen LogP contribution in [0.2, 0.25) is 0 Å². The summed E-state index contributed by atoms with van der Waals surface area (Å²) in [6.07, 6.45) is -3.13. The number of hydrogen-bond acceptors (Lipinski definition) is 15. The molecule has 15 nitrogen and oxygen atoms in total. The molecule has 1 saturated heterocycles. The van der Waals surface area contributed by atoms with Crippen molar-refractivity contribution in [2.45, 2.75) is 77.3 Å². The minimum absolute atomic E-state index is 0.0487. The molecule has 50 heavy (non-hydrogen) atoms. The van der Waals surface area contributed by atoms with Gasteiger partial charge in [-0.25, -0.2) is 0 Å². The minimum atomic E-state index is -1.59. The van der Waals surface area contributed by atoms with Crippen molar-refractivity contribution in [1.82, 2.24) is 5.32 Å². The Labute approximate surface area is 289 Å². The Hall–Kier alpha value is -4.99. The lowest BCUT2D eigenvalue weighted by atomic mass is 10.0. The Kier molecular flexibility index (Phi) is 15.2. The van der Waals surface area contributed by atoms with Gasteiger partial charge in [0.15, 0.2) is 29.9 Å². The van der Waals surface area contributed by atoms with E-state index >= 15 is 0 Å². The van der Waals surface area contributed by atoms with Gasteiger partial charge < -0.3 is 43.0 Å². The van der Waals surface area contributed by atoms with Gasteiger partial charge in [0.05, 0.1) is 27.8 Å². The number of methoxy groups -OCH3 is 3. The average molecular weight is 702 g/mol. The van der Waals surface area contributed by atoms with Crippen LogP contribution in [0.4, 0.5) is 0 Å². The van der Waals surface area contributed by atoms with Crippen molar-refractivity contribution in [1.29, 1.82) is 0 Å². The summed E-state index contributed by atoms with van der Waals surface area (Å²) < 4.78 is 42.6. The van der Waals surface area contributed by atoms with Crippen molar-refractivity contribution in [2.24, 2.45) is 0 Å². The third-order valence-electron chi connectivity index (χ3n) is 7.24.